The highest BCUT2D eigenvalue weighted by atomic mass is 35.5. The molecule has 0 unspecified atom stereocenters. The number of fused-ring (bicyclic) bond motifs is 1. The fraction of sp³-hybridized carbons (Fsp3) is 0.176. The highest BCUT2D eigenvalue weighted by molar-refractivity contribution is 6.31. The summed E-state index contributed by atoms with van der Waals surface area (Å²) in [7, 11) is 1.60. The van der Waals surface area contributed by atoms with Crippen LogP contribution in [0.4, 0.5) is 4.39 Å². The summed E-state index contributed by atoms with van der Waals surface area (Å²) in [5.74, 6) is -0.618. The van der Waals surface area contributed by atoms with Gasteiger partial charge in [-0.25, -0.2) is 4.39 Å². The van der Waals surface area contributed by atoms with Crippen molar-refractivity contribution in [1.29, 1.82) is 0 Å². The molecular weight excluding hydrogens is 319 g/mol. The molecule has 23 heavy (non-hydrogen) atoms. The second kappa shape index (κ2) is 6.38. The minimum atomic E-state index is -0.427. The largest absolute Gasteiger partial charge is 0.356 e. The van der Waals surface area contributed by atoms with Gasteiger partial charge in [-0.15, -0.1) is 0 Å². The van der Waals surface area contributed by atoms with Crippen LogP contribution in [0.3, 0.4) is 0 Å². The van der Waals surface area contributed by atoms with Crippen molar-refractivity contribution in [3.8, 4) is 0 Å². The molecule has 6 heteroatoms. The maximum absolute atomic E-state index is 13.8. The Kier molecular flexibility index (Phi) is 4.30. The van der Waals surface area contributed by atoms with Crippen molar-refractivity contribution >= 4 is 28.5 Å². The number of nitrogens with zero attached hydrogens (tertiary/aromatic N) is 2. The van der Waals surface area contributed by atoms with Gasteiger partial charge in [0.25, 0.3) is 0 Å². The molecule has 0 saturated heterocycles. The molecule has 1 aromatic heterocycles. The van der Waals surface area contributed by atoms with Crippen molar-refractivity contribution in [2.45, 2.75) is 13.0 Å². The molecule has 0 aliphatic heterocycles. The molecule has 2 aromatic carbocycles. The van der Waals surface area contributed by atoms with Crippen molar-refractivity contribution in [3.05, 3.63) is 64.6 Å². The Bertz CT molecular complexity index is 842. The summed E-state index contributed by atoms with van der Waals surface area (Å²) in [6.07, 6.45) is 0.0829. The molecule has 0 bridgehead atoms. The van der Waals surface area contributed by atoms with Crippen LogP contribution in [0.25, 0.3) is 11.0 Å². The lowest BCUT2D eigenvalue weighted by atomic mass is 10.1. The fourth-order valence-corrected chi connectivity index (χ4v) is 2.58. The van der Waals surface area contributed by atoms with Gasteiger partial charge >= 0.3 is 0 Å². The van der Waals surface area contributed by atoms with Crippen LogP contribution in [0.2, 0.25) is 5.02 Å². The van der Waals surface area contributed by atoms with Gasteiger partial charge in [-0.2, -0.15) is 0 Å². The minimum Gasteiger partial charge on any atom is -0.356 e. The smallest absolute Gasteiger partial charge is 0.228 e. The average Bonchev–Trinajstić information content (AvgIpc) is 2.94. The van der Waals surface area contributed by atoms with Crippen LogP contribution >= 0.6 is 11.6 Å². The van der Waals surface area contributed by atoms with E-state index in [1.807, 2.05) is 18.2 Å². The number of amides is 1. The number of hydrogen-bond donors (Lipinski definition) is 0. The van der Waals surface area contributed by atoms with Crippen molar-refractivity contribution < 1.29 is 13.7 Å². The molecule has 1 amide bonds. The molecular formula is C17H14ClFN2O2. The quantitative estimate of drug-likeness (QED) is 0.729. The second-order valence-electron chi connectivity index (χ2n) is 5.25. The topological polar surface area (TPSA) is 46.3 Å². The van der Waals surface area contributed by atoms with E-state index >= 15 is 0 Å². The summed E-state index contributed by atoms with van der Waals surface area (Å²) in [5, 5.41) is 5.04. The number of hydrogen-bond acceptors (Lipinski definition) is 3. The second-order valence-corrected chi connectivity index (χ2v) is 5.66. The predicted octanol–water partition coefficient (Wildman–Crippen LogP) is 3.82. The molecule has 0 spiro atoms. The van der Waals surface area contributed by atoms with Crippen LogP contribution in [0.15, 0.2) is 47.0 Å². The van der Waals surface area contributed by atoms with Crippen molar-refractivity contribution in [3.63, 3.8) is 0 Å². The van der Waals surface area contributed by atoms with E-state index < -0.39 is 5.82 Å². The Hall–Kier alpha value is -2.40. The Morgan fingerprint density at radius 3 is 2.83 bits per heavy atom. The van der Waals surface area contributed by atoms with Gasteiger partial charge in [-0.3, -0.25) is 4.79 Å². The van der Waals surface area contributed by atoms with Gasteiger partial charge < -0.3 is 9.42 Å². The van der Waals surface area contributed by atoms with Gasteiger partial charge in [0.1, 0.15) is 11.5 Å². The molecule has 1 heterocycles. The minimum absolute atomic E-state index is 0.0829. The highest BCUT2D eigenvalue weighted by Gasteiger charge is 2.17. The maximum atomic E-state index is 13.8. The molecule has 0 saturated carbocycles. The summed E-state index contributed by atoms with van der Waals surface area (Å²) in [4.78, 5) is 13.8. The first-order valence-electron chi connectivity index (χ1n) is 7.06. The number of para-hydroxylation sites is 1. The molecule has 3 aromatic rings. The lowest BCUT2D eigenvalue weighted by Crippen LogP contribution is -2.28. The molecule has 0 aliphatic rings. The van der Waals surface area contributed by atoms with Crippen molar-refractivity contribution in [2.75, 3.05) is 7.05 Å². The molecule has 0 atom stereocenters. The van der Waals surface area contributed by atoms with Crippen LogP contribution in [-0.2, 0) is 17.8 Å². The monoisotopic (exact) mass is 332 g/mol. The number of aromatic nitrogens is 1. The van der Waals surface area contributed by atoms with Crippen LogP contribution in [0, 0.1) is 5.82 Å². The van der Waals surface area contributed by atoms with Crippen molar-refractivity contribution in [2.24, 2.45) is 0 Å². The standard InChI is InChI=1S/C17H14ClFN2O2/c1-21(10-12-13(18)6-4-7-14(12)19)17(22)9-15-11-5-2-3-8-16(11)23-20-15/h2-8H,9-10H2,1H3. The van der Waals surface area contributed by atoms with E-state index in [0.717, 1.165) is 5.39 Å². The lowest BCUT2D eigenvalue weighted by molar-refractivity contribution is -0.129. The van der Waals surface area contributed by atoms with Gasteiger partial charge in [0.05, 0.1) is 6.42 Å². The highest BCUT2D eigenvalue weighted by Crippen LogP contribution is 2.22. The number of likely N-dealkylation sites (N-methyl/N-ethyl adjacent to an activating group) is 1. The number of carbonyl (C=O) groups excluding carboxylic acids is 1. The van der Waals surface area contributed by atoms with Gasteiger partial charge in [-0.05, 0) is 24.3 Å². The third-order valence-corrected chi connectivity index (χ3v) is 4.01. The normalized spacial score (nSPS) is 10.9. The Balaban J connectivity index is 1.75. The molecule has 4 nitrogen and oxygen atoms in total. The van der Waals surface area contributed by atoms with Gasteiger partial charge in [0.2, 0.25) is 5.91 Å². The summed E-state index contributed by atoms with van der Waals surface area (Å²) in [6, 6.07) is 11.8. The summed E-state index contributed by atoms with van der Waals surface area (Å²) in [6.45, 7) is 0.0973. The first-order valence-corrected chi connectivity index (χ1v) is 7.44. The first-order chi connectivity index (χ1) is 11.1. The number of benzene rings is 2. The lowest BCUT2D eigenvalue weighted by Gasteiger charge is -2.18. The molecule has 0 fully saturated rings. The van der Waals surface area contributed by atoms with E-state index in [-0.39, 0.29) is 18.9 Å². The number of halogens is 2. The van der Waals surface area contributed by atoms with Gasteiger partial charge in [0, 0.05) is 29.6 Å². The summed E-state index contributed by atoms with van der Waals surface area (Å²) in [5.41, 5.74) is 1.50. The molecule has 118 valence electrons. The molecule has 0 N–H and O–H groups in total. The zero-order valence-corrected chi connectivity index (χ0v) is 13.2. The summed E-state index contributed by atoms with van der Waals surface area (Å²) >= 11 is 5.99. The third-order valence-electron chi connectivity index (χ3n) is 3.65. The van der Waals surface area contributed by atoms with E-state index in [0.29, 0.717) is 21.9 Å². The fourth-order valence-electron chi connectivity index (χ4n) is 2.35. The third kappa shape index (κ3) is 3.19. The maximum Gasteiger partial charge on any atom is 0.228 e. The summed E-state index contributed by atoms with van der Waals surface area (Å²) < 4.78 is 19.0. The van der Waals surface area contributed by atoms with Crippen LogP contribution in [0.1, 0.15) is 11.3 Å². The number of carbonyl (C=O) groups is 1. The Morgan fingerprint density at radius 2 is 2.04 bits per heavy atom. The Labute approximate surface area is 137 Å². The zero-order valence-electron chi connectivity index (χ0n) is 12.4. The van der Waals surface area contributed by atoms with E-state index in [1.54, 1.807) is 19.2 Å². The van der Waals surface area contributed by atoms with E-state index in [2.05, 4.69) is 5.16 Å². The molecule has 0 radical (unpaired) electrons. The van der Waals surface area contributed by atoms with Gasteiger partial charge in [-0.1, -0.05) is 35.0 Å². The SMILES string of the molecule is CN(Cc1c(F)cccc1Cl)C(=O)Cc1noc2ccccc12. The Morgan fingerprint density at radius 1 is 1.26 bits per heavy atom. The first kappa shape index (κ1) is 15.5. The van der Waals surface area contributed by atoms with E-state index in [9.17, 15) is 9.18 Å². The average molecular weight is 333 g/mol. The predicted molar refractivity (Wildman–Crippen MR) is 85.6 cm³/mol. The van der Waals surface area contributed by atoms with Crippen LogP contribution in [-0.4, -0.2) is 23.0 Å². The van der Waals surface area contributed by atoms with Crippen molar-refractivity contribution in [1.82, 2.24) is 10.1 Å². The molecule has 3 rings (SSSR count). The molecule has 0 aliphatic carbocycles. The van der Waals surface area contributed by atoms with E-state index in [4.69, 9.17) is 16.1 Å². The van der Waals surface area contributed by atoms with Crippen LogP contribution < -0.4 is 0 Å². The number of rotatable bonds is 4. The zero-order chi connectivity index (χ0) is 16.4. The van der Waals surface area contributed by atoms with Crippen LogP contribution in [0.5, 0.6) is 0 Å². The van der Waals surface area contributed by atoms with E-state index in [1.165, 1.54) is 17.0 Å². The van der Waals surface area contributed by atoms with Gasteiger partial charge in [0.15, 0.2) is 5.58 Å².